The van der Waals surface area contributed by atoms with E-state index in [0.717, 1.165) is 24.4 Å². The number of fused-ring (bicyclic) bond motifs is 5. The fourth-order valence-corrected chi connectivity index (χ4v) is 5.20. The molecule has 0 radical (unpaired) electrons. The molecule has 3 aromatic rings. The van der Waals surface area contributed by atoms with Crippen molar-refractivity contribution in [3.05, 3.63) is 39.4 Å². The third-order valence-electron chi connectivity index (χ3n) is 6.45. The summed E-state index contributed by atoms with van der Waals surface area (Å²) in [5.74, 6) is 2.02. The highest BCUT2D eigenvalue weighted by molar-refractivity contribution is 7.71. The van der Waals surface area contributed by atoms with Crippen molar-refractivity contribution >= 4 is 28.9 Å². The van der Waals surface area contributed by atoms with Crippen molar-refractivity contribution in [3.8, 4) is 0 Å². The minimum absolute atomic E-state index is 0.0242. The number of hydrogen-bond acceptors (Lipinski definition) is 4. The van der Waals surface area contributed by atoms with Crippen LogP contribution in [0.4, 0.5) is 0 Å². The fraction of sp³-hybridized carbons (Fsp3) is 0.571. The Morgan fingerprint density at radius 2 is 2.07 bits per heavy atom. The van der Waals surface area contributed by atoms with Gasteiger partial charge in [-0.2, -0.15) is 0 Å². The predicted octanol–water partition coefficient (Wildman–Crippen LogP) is 3.67. The van der Waals surface area contributed by atoms with Gasteiger partial charge in [-0.15, -0.1) is 5.10 Å². The third-order valence-corrected chi connectivity index (χ3v) is 6.85. The summed E-state index contributed by atoms with van der Waals surface area (Å²) in [6.07, 6.45) is 4.89. The number of aromatic nitrogens is 4. The Morgan fingerprint density at radius 1 is 1.25 bits per heavy atom. The number of nitrogens with zero attached hydrogens (tertiary/aromatic N) is 5. The van der Waals surface area contributed by atoms with Crippen LogP contribution in [0.1, 0.15) is 39.5 Å². The Hall–Kier alpha value is -1.99. The molecule has 6 nitrogen and oxygen atoms in total. The second-order valence-corrected chi connectivity index (χ2v) is 9.18. The van der Waals surface area contributed by atoms with Crippen molar-refractivity contribution in [2.75, 3.05) is 6.54 Å². The summed E-state index contributed by atoms with van der Waals surface area (Å²) >= 11 is 5.84. The Morgan fingerprint density at radius 3 is 2.79 bits per heavy atom. The largest absolute Gasteiger partial charge is 0.281 e. The van der Waals surface area contributed by atoms with E-state index in [2.05, 4.69) is 18.7 Å². The summed E-state index contributed by atoms with van der Waals surface area (Å²) in [7, 11) is 0. The summed E-state index contributed by atoms with van der Waals surface area (Å²) in [6.45, 7) is 6.87. The van der Waals surface area contributed by atoms with Crippen LogP contribution >= 0.6 is 12.2 Å². The van der Waals surface area contributed by atoms with Crippen LogP contribution in [0, 0.1) is 16.6 Å². The maximum Gasteiger partial charge on any atom is 0.262 e. The van der Waals surface area contributed by atoms with Crippen LogP contribution in [-0.4, -0.2) is 36.2 Å². The average molecular weight is 398 g/mol. The van der Waals surface area contributed by atoms with E-state index in [-0.39, 0.29) is 5.56 Å². The molecule has 1 saturated carbocycles. The van der Waals surface area contributed by atoms with Crippen LogP contribution in [0.5, 0.6) is 0 Å². The van der Waals surface area contributed by atoms with Crippen molar-refractivity contribution in [2.24, 2.45) is 11.8 Å². The summed E-state index contributed by atoms with van der Waals surface area (Å²) in [6, 6.07) is 8.39. The van der Waals surface area contributed by atoms with Gasteiger partial charge in [0.15, 0.2) is 0 Å². The first-order valence-electron chi connectivity index (χ1n) is 10.4. The number of piperidine rings is 1. The van der Waals surface area contributed by atoms with Gasteiger partial charge in [0.05, 0.1) is 17.6 Å². The molecule has 2 aromatic heterocycles. The summed E-state index contributed by atoms with van der Waals surface area (Å²) in [5.41, 5.74) is 0.874. The lowest BCUT2D eigenvalue weighted by atomic mass is 10.1. The van der Waals surface area contributed by atoms with Gasteiger partial charge in [0.25, 0.3) is 5.56 Å². The minimum Gasteiger partial charge on any atom is -0.281 e. The summed E-state index contributed by atoms with van der Waals surface area (Å²) in [5, 5.41) is 5.55. The van der Waals surface area contributed by atoms with Crippen LogP contribution < -0.4 is 5.56 Å². The van der Waals surface area contributed by atoms with Gasteiger partial charge in [-0.1, -0.05) is 26.0 Å². The topological polar surface area (TPSA) is 47.5 Å². The van der Waals surface area contributed by atoms with E-state index in [0.29, 0.717) is 41.1 Å². The predicted molar refractivity (Wildman–Crippen MR) is 113 cm³/mol. The van der Waals surface area contributed by atoms with Crippen molar-refractivity contribution in [1.29, 1.82) is 0 Å². The lowest BCUT2D eigenvalue weighted by Gasteiger charge is -2.26. The summed E-state index contributed by atoms with van der Waals surface area (Å²) in [4.78, 5) is 15.7. The molecule has 7 heteroatoms. The smallest absolute Gasteiger partial charge is 0.262 e. The molecule has 2 bridgehead atoms. The number of aryl methyl sites for hydroxylation is 1. The maximum atomic E-state index is 13.2. The van der Waals surface area contributed by atoms with Crippen molar-refractivity contribution in [2.45, 2.75) is 58.8 Å². The number of rotatable bonds is 5. The number of benzene rings is 1. The van der Waals surface area contributed by atoms with Gasteiger partial charge in [0.2, 0.25) is 10.5 Å². The van der Waals surface area contributed by atoms with Crippen LogP contribution in [0.3, 0.4) is 0 Å². The van der Waals surface area contributed by atoms with Gasteiger partial charge >= 0.3 is 0 Å². The van der Waals surface area contributed by atoms with Crippen molar-refractivity contribution in [3.63, 3.8) is 0 Å². The Bertz CT molecular complexity index is 1160. The highest BCUT2D eigenvalue weighted by Gasteiger charge is 2.38. The number of likely N-dealkylation sites (tertiary alicyclic amines) is 1. The lowest BCUT2D eigenvalue weighted by Crippen LogP contribution is -2.34. The number of para-hydroxylation sites is 1. The molecule has 2 fully saturated rings. The van der Waals surface area contributed by atoms with Gasteiger partial charge in [-0.05, 0) is 61.9 Å². The van der Waals surface area contributed by atoms with Gasteiger partial charge in [-0.3, -0.25) is 18.7 Å². The highest BCUT2D eigenvalue weighted by Crippen LogP contribution is 2.37. The van der Waals surface area contributed by atoms with E-state index >= 15 is 0 Å². The second-order valence-electron chi connectivity index (χ2n) is 8.82. The second kappa shape index (κ2) is 6.81. The van der Waals surface area contributed by atoms with Gasteiger partial charge in [0.1, 0.15) is 0 Å². The Kier molecular flexibility index (Phi) is 4.39. The first kappa shape index (κ1) is 18.1. The zero-order chi connectivity index (χ0) is 19.4. The van der Waals surface area contributed by atoms with Gasteiger partial charge < -0.3 is 0 Å². The molecule has 2 unspecified atom stereocenters. The van der Waals surface area contributed by atoms with E-state index < -0.39 is 0 Å². The monoisotopic (exact) mass is 397 g/mol. The Labute approximate surface area is 169 Å². The number of hydrogen-bond donors (Lipinski definition) is 0. The van der Waals surface area contributed by atoms with Crippen LogP contribution in [-0.2, 0) is 13.2 Å². The molecule has 5 rings (SSSR count). The zero-order valence-electron chi connectivity index (χ0n) is 16.5. The first-order chi connectivity index (χ1) is 13.5. The third kappa shape index (κ3) is 2.83. The van der Waals surface area contributed by atoms with E-state index in [9.17, 15) is 4.79 Å². The highest BCUT2D eigenvalue weighted by atomic mass is 32.1. The molecule has 28 heavy (non-hydrogen) atoms. The van der Waals surface area contributed by atoms with E-state index in [1.807, 2.05) is 37.9 Å². The molecule has 0 N–H and O–H groups in total. The molecule has 1 aromatic carbocycles. The van der Waals surface area contributed by atoms with Gasteiger partial charge in [-0.25, -0.2) is 4.68 Å². The molecule has 1 aliphatic heterocycles. The molecular weight excluding hydrogens is 370 g/mol. The molecule has 2 atom stereocenters. The van der Waals surface area contributed by atoms with E-state index in [4.69, 9.17) is 17.3 Å². The fourth-order valence-electron chi connectivity index (χ4n) is 4.92. The molecule has 1 aliphatic carbocycles. The molecule has 0 spiro atoms. The molecule has 0 amide bonds. The maximum absolute atomic E-state index is 13.2. The van der Waals surface area contributed by atoms with Crippen LogP contribution in [0.15, 0.2) is 29.1 Å². The average Bonchev–Trinajstić information content (AvgIpc) is 3.37. The van der Waals surface area contributed by atoms with Gasteiger partial charge in [0, 0.05) is 19.1 Å². The van der Waals surface area contributed by atoms with Crippen LogP contribution in [0.2, 0.25) is 0 Å². The molecule has 2 aliphatic rings. The zero-order valence-corrected chi connectivity index (χ0v) is 17.4. The van der Waals surface area contributed by atoms with E-state index in [1.54, 1.807) is 0 Å². The minimum atomic E-state index is 0.0242. The standard InChI is InChI=1S/C21H27N5OS/c1-14(2)9-10-24-19(27)17-5-3-4-6-18(17)26-20(24)22-25(21(26)28)13-23-12-15-7-8-16(23)11-15/h3-6,14-16H,7-13H2,1-2H3. The molecule has 1 saturated heterocycles. The van der Waals surface area contributed by atoms with E-state index in [1.165, 1.54) is 19.3 Å². The normalized spacial score (nSPS) is 22.2. The van der Waals surface area contributed by atoms with Crippen molar-refractivity contribution in [1.82, 2.24) is 23.6 Å². The molecular formula is C21H27N5OS. The van der Waals surface area contributed by atoms with Crippen LogP contribution in [0.25, 0.3) is 16.7 Å². The van der Waals surface area contributed by atoms with Crippen molar-refractivity contribution < 1.29 is 0 Å². The molecule has 3 heterocycles. The SMILES string of the molecule is CC(C)CCn1c(=O)c2ccccc2n2c(=S)n(CN3CC4CCC3C4)nc12. The Balaban J connectivity index is 1.66. The lowest BCUT2D eigenvalue weighted by molar-refractivity contribution is 0.158. The first-order valence-corrected chi connectivity index (χ1v) is 10.8. The summed E-state index contributed by atoms with van der Waals surface area (Å²) < 4.78 is 6.39. The quantitative estimate of drug-likeness (QED) is 0.617. The molecule has 148 valence electrons.